The molecule has 104 valence electrons. The van der Waals surface area contributed by atoms with Crippen LogP contribution in [0.4, 0.5) is 0 Å². The summed E-state index contributed by atoms with van der Waals surface area (Å²) in [5.41, 5.74) is 11.2. The Balaban J connectivity index is 1.94. The molecule has 0 saturated heterocycles. The average molecular weight is 293 g/mol. The molecular formula is C18H15NOS. The summed E-state index contributed by atoms with van der Waals surface area (Å²) in [7, 11) is 0. The molecule has 0 saturated carbocycles. The molecule has 0 fully saturated rings. The number of thiophene rings is 1. The number of primary amides is 1. The van der Waals surface area contributed by atoms with Crippen molar-refractivity contribution >= 4 is 28.4 Å². The minimum atomic E-state index is -0.357. The monoisotopic (exact) mass is 293 g/mol. The van der Waals surface area contributed by atoms with Crippen LogP contribution in [-0.2, 0) is 6.42 Å². The van der Waals surface area contributed by atoms with E-state index in [1.54, 1.807) is 11.3 Å². The molecule has 2 N–H and O–H groups in total. The predicted octanol–water partition coefficient (Wildman–Crippen LogP) is 3.89. The van der Waals surface area contributed by atoms with E-state index < -0.39 is 0 Å². The van der Waals surface area contributed by atoms with Gasteiger partial charge in [-0.05, 0) is 58.7 Å². The van der Waals surface area contributed by atoms with Crippen molar-refractivity contribution in [2.24, 2.45) is 11.7 Å². The molecule has 21 heavy (non-hydrogen) atoms. The predicted molar refractivity (Wildman–Crippen MR) is 87.0 cm³/mol. The molecule has 1 atom stereocenters. The van der Waals surface area contributed by atoms with E-state index in [0.717, 1.165) is 12.8 Å². The summed E-state index contributed by atoms with van der Waals surface area (Å²) in [6.45, 7) is 0. The highest BCUT2D eigenvalue weighted by Gasteiger charge is 2.29. The van der Waals surface area contributed by atoms with Crippen molar-refractivity contribution in [1.82, 2.24) is 0 Å². The number of aryl methyl sites for hydroxylation is 1. The minimum absolute atomic E-state index is 0.357. The first kappa shape index (κ1) is 12.6. The number of rotatable bonds is 2. The van der Waals surface area contributed by atoms with Crippen LogP contribution in [0.5, 0.6) is 0 Å². The van der Waals surface area contributed by atoms with Crippen LogP contribution in [0.25, 0.3) is 11.1 Å². The first-order chi connectivity index (χ1) is 10.2. The third-order valence-corrected chi connectivity index (χ3v) is 5.26. The molecule has 1 unspecified atom stereocenters. The van der Waals surface area contributed by atoms with Gasteiger partial charge in [-0.1, -0.05) is 24.3 Å². The number of hydrogen-bond acceptors (Lipinski definition) is 2. The summed E-state index contributed by atoms with van der Waals surface area (Å²) in [5.74, 6) is 0.113. The summed E-state index contributed by atoms with van der Waals surface area (Å²) in [4.78, 5) is 12.8. The van der Waals surface area contributed by atoms with Gasteiger partial charge in [-0.15, -0.1) is 11.3 Å². The molecule has 3 heteroatoms. The van der Waals surface area contributed by atoms with Gasteiger partial charge in [0.15, 0.2) is 0 Å². The zero-order valence-electron chi connectivity index (χ0n) is 11.5. The maximum Gasteiger partial charge on any atom is 0.248 e. The van der Waals surface area contributed by atoms with Crippen LogP contribution < -0.4 is 5.73 Å². The lowest BCUT2D eigenvalue weighted by Gasteiger charge is -2.25. The third kappa shape index (κ3) is 1.96. The van der Waals surface area contributed by atoms with Crippen molar-refractivity contribution < 1.29 is 4.79 Å². The number of fused-ring (bicyclic) bond motifs is 3. The summed E-state index contributed by atoms with van der Waals surface area (Å²) in [6, 6.07) is 10.1. The van der Waals surface area contributed by atoms with Gasteiger partial charge < -0.3 is 5.73 Å². The number of carbonyl (C=O) groups excluding carboxylic acids is 1. The molecule has 2 aromatic rings. The maximum absolute atomic E-state index is 11.5. The van der Waals surface area contributed by atoms with Gasteiger partial charge in [0.05, 0.1) is 0 Å². The van der Waals surface area contributed by atoms with Crippen LogP contribution >= 0.6 is 11.3 Å². The van der Waals surface area contributed by atoms with Gasteiger partial charge >= 0.3 is 0 Å². The van der Waals surface area contributed by atoms with Crippen LogP contribution in [0.3, 0.4) is 0 Å². The Kier molecular flexibility index (Phi) is 2.82. The van der Waals surface area contributed by atoms with Crippen molar-refractivity contribution in [2.75, 3.05) is 0 Å². The topological polar surface area (TPSA) is 43.1 Å². The van der Waals surface area contributed by atoms with Gasteiger partial charge in [-0.2, -0.15) is 0 Å². The first-order valence-electron chi connectivity index (χ1n) is 7.13. The molecule has 0 spiro atoms. The fourth-order valence-corrected chi connectivity index (χ4v) is 4.11. The van der Waals surface area contributed by atoms with Crippen LogP contribution in [0.2, 0.25) is 0 Å². The van der Waals surface area contributed by atoms with Crippen molar-refractivity contribution in [3.63, 3.8) is 0 Å². The van der Waals surface area contributed by atoms with Crippen LogP contribution in [0, 0.1) is 5.92 Å². The number of amides is 1. The lowest BCUT2D eigenvalue weighted by molar-refractivity contribution is 0.1000. The molecule has 2 aliphatic carbocycles. The molecule has 4 rings (SSSR count). The number of allylic oxidation sites excluding steroid dienone is 4. The van der Waals surface area contributed by atoms with E-state index in [1.165, 1.54) is 27.2 Å². The normalized spacial score (nSPS) is 19.5. The van der Waals surface area contributed by atoms with Crippen molar-refractivity contribution in [3.8, 4) is 0 Å². The summed E-state index contributed by atoms with van der Waals surface area (Å²) >= 11 is 1.76. The van der Waals surface area contributed by atoms with Gasteiger partial charge in [0.25, 0.3) is 0 Å². The number of nitrogens with two attached hydrogens (primary N) is 1. The smallest absolute Gasteiger partial charge is 0.248 e. The van der Waals surface area contributed by atoms with Crippen molar-refractivity contribution in [2.45, 2.75) is 12.8 Å². The molecule has 1 amide bonds. The second kappa shape index (κ2) is 4.71. The van der Waals surface area contributed by atoms with E-state index in [4.69, 9.17) is 5.73 Å². The minimum Gasteiger partial charge on any atom is -0.366 e. The molecule has 2 aliphatic rings. The SMILES string of the molecule is NC(=O)c1ccc2c(c1)C1=C(c3cccs3)C=CC1CC2. The fourth-order valence-electron chi connectivity index (χ4n) is 3.34. The second-order valence-electron chi connectivity index (χ2n) is 5.55. The Morgan fingerprint density at radius 1 is 1.29 bits per heavy atom. The van der Waals surface area contributed by atoms with Crippen LogP contribution in [0.15, 0.2) is 47.9 Å². The summed E-state index contributed by atoms with van der Waals surface area (Å²) in [6.07, 6.45) is 6.73. The van der Waals surface area contributed by atoms with Crippen LogP contribution in [-0.4, -0.2) is 5.91 Å². The largest absolute Gasteiger partial charge is 0.366 e. The molecule has 2 nitrogen and oxygen atoms in total. The lowest BCUT2D eigenvalue weighted by atomic mass is 9.79. The van der Waals surface area contributed by atoms with Gasteiger partial charge in [0, 0.05) is 16.4 Å². The molecule has 0 aliphatic heterocycles. The maximum atomic E-state index is 11.5. The zero-order valence-corrected chi connectivity index (χ0v) is 12.3. The third-order valence-electron chi connectivity index (χ3n) is 4.35. The van der Waals surface area contributed by atoms with Crippen LogP contribution in [0.1, 0.15) is 32.8 Å². The summed E-state index contributed by atoms with van der Waals surface area (Å²) < 4.78 is 0. The molecule has 1 heterocycles. The summed E-state index contributed by atoms with van der Waals surface area (Å²) in [5, 5.41) is 2.10. The molecule has 1 aromatic carbocycles. The van der Waals surface area contributed by atoms with E-state index >= 15 is 0 Å². The number of benzene rings is 1. The van der Waals surface area contributed by atoms with Crippen molar-refractivity contribution in [1.29, 1.82) is 0 Å². The van der Waals surface area contributed by atoms with E-state index in [-0.39, 0.29) is 5.91 Å². The van der Waals surface area contributed by atoms with E-state index in [2.05, 4.69) is 35.7 Å². The molecule has 1 aromatic heterocycles. The van der Waals surface area contributed by atoms with Gasteiger partial charge in [0.1, 0.15) is 0 Å². The molecular weight excluding hydrogens is 278 g/mol. The lowest BCUT2D eigenvalue weighted by Crippen LogP contribution is -2.15. The quantitative estimate of drug-likeness (QED) is 0.897. The Hall–Kier alpha value is -2.13. The van der Waals surface area contributed by atoms with Gasteiger partial charge in [0.2, 0.25) is 5.91 Å². The number of hydrogen-bond donors (Lipinski definition) is 1. The Morgan fingerprint density at radius 2 is 2.19 bits per heavy atom. The second-order valence-corrected chi connectivity index (χ2v) is 6.49. The zero-order chi connectivity index (χ0) is 14.4. The first-order valence-corrected chi connectivity index (χ1v) is 8.01. The Bertz CT molecular complexity index is 784. The van der Waals surface area contributed by atoms with Gasteiger partial charge in [-0.3, -0.25) is 4.79 Å². The highest BCUT2D eigenvalue weighted by atomic mass is 32.1. The molecule has 0 radical (unpaired) electrons. The number of carbonyl (C=O) groups is 1. The Labute approximate surface area is 127 Å². The van der Waals surface area contributed by atoms with Gasteiger partial charge in [-0.25, -0.2) is 0 Å². The van der Waals surface area contributed by atoms with E-state index in [1.807, 2.05) is 12.1 Å². The Morgan fingerprint density at radius 3 is 2.95 bits per heavy atom. The highest BCUT2D eigenvalue weighted by Crippen LogP contribution is 2.46. The fraction of sp³-hybridized carbons (Fsp3) is 0.167. The van der Waals surface area contributed by atoms with Crippen molar-refractivity contribution in [3.05, 3.63) is 69.4 Å². The van der Waals surface area contributed by atoms with E-state index in [9.17, 15) is 4.79 Å². The highest BCUT2D eigenvalue weighted by molar-refractivity contribution is 7.11. The standard InChI is InChI=1S/C18H15NOS/c19-18(20)13-6-4-11-3-5-12-7-8-14(16-2-1-9-21-16)17(12)15(11)10-13/h1-2,4,6-10,12H,3,5H2,(H2,19,20). The van der Waals surface area contributed by atoms with E-state index in [0.29, 0.717) is 11.5 Å². The average Bonchev–Trinajstić information content (AvgIpc) is 3.15. The molecule has 0 bridgehead atoms.